The van der Waals surface area contributed by atoms with Crippen LogP contribution in [0.4, 0.5) is 0 Å². The first-order valence-electron chi connectivity index (χ1n) is 10.7. The van der Waals surface area contributed by atoms with E-state index in [4.69, 9.17) is 30.5 Å². The Balaban J connectivity index is 2.09. The first-order valence-corrected chi connectivity index (χ1v) is 11.1. The maximum absolute atomic E-state index is 12.8. The van der Waals surface area contributed by atoms with Gasteiger partial charge in [0.2, 0.25) is 5.75 Å². The predicted octanol–water partition coefficient (Wildman–Crippen LogP) is 3.82. The first-order chi connectivity index (χ1) is 16.0. The van der Waals surface area contributed by atoms with E-state index in [1.807, 2.05) is 13.8 Å². The molecule has 1 aromatic heterocycles. The molecule has 0 fully saturated rings. The molecule has 0 bridgehead atoms. The molecule has 0 aliphatic carbocycles. The first kappa shape index (κ1) is 26.9. The number of methoxy groups -OCH3 is 1. The summed E-state index contributed by atoms with van der Waals surface area (Å²) in [6.07, 6.45) is 0.241. The van der Waals surface area contributed by atoms with Crippen LogP contribution in [0.3, 0.4) is 0 Å². The van der Waals surface area contributed by atoms with Crippen molar-refractivity contribution in [3.05, 3.63) is 47.2 Å². The highest BCUT2D eigenvalue weighted by atomic mass is 35.5. The van der Waals surface area contributed by atoms with E-state index in [1.165, 1.54) is 33.2 Å². The van der Waals surface area contributed by atoms with Gasteiger partial charge in [-0.1, -0.05) is 31.5 Å². The van der Waals surface area contributed by atoms with Crippen LogP contribution in [0.25, 0.3) is 0 Å². The minimum Gasteiger partial charge on any atom is -0.493 e. The Labute approximate surface area is 203 Å². The average Bonchev–Trinajstić information content (AvgIpc) is 2.76. The van der Waals surface area contributed by atoms with Gasteiger partial charge in [0.1, 0.15) is 24.0 Å². The fraction of sp³-hybridized carbons (Fsp3) is 0.417. The van der Waals surface area contributed by atoms with Gasteiger partial charge in [-0.15, -0.1) is 0 Å². The number of carbonyl (C=O) groups excluding carboxylic acids is 3. The van der Waals surface area contributed by atoms with E-state index >= 15 is 0 Å². The molecule has 184 valence electrons. The zero-order valence-electron chi connectivity index (χ0n) is 20.0. The number of nitrogens with one attached hydrogen (secondary N) is 1. The van der Waals surface area contributed by atoms with Crippen molar-refractivity contribution in [2.75, 3.05) is 7.11 Å². The molecule has 0 aliphatic rings. The molecule has 1 amide bonds. The second-order valence-electron chi connectivity index (χ2n) is 7.91. The zero-order chi connectivity index (χ0) is 25.4. The molecule has 2 aromatic rings. The second kappa shape index (κ2) is 12.2. The van der Waals surface area contributed by atoms with Gasteiger partial charge < -0.3 is 24.3 Å². The lowest BCUT2D eigenvalue weighted by atomic mass is 10.0. The van der Waals surface area contributed by atoms with Gasteiger partial charge in [0, 0.05) is 24.2 Å². The van der Waals surface area contributed by atoms with Gasteiger partial charge in [-0.05, 0) is 38.0 Å². The largest absolute Gasteiger partial charge is 0.493 e. The van der Waals surface area contributed by atoms with Crippen molar-refractivity contribution in [1.82, 2.24) is 10.3 Å². The number of pyridine rings is 1. The summed E-state index contributed by atoms with van der Waals surface area (Å²) in [4.78, 5) is 40.9. The van der Waals surface area contributed by atoms with E-state index in [2.05, 4.69) is 10.3 Å². The van der Waals surface area contributed by atoms with Crippen molar-refractivity contribution in [3.63, 3.8) is 0 Å². The van der Waals surface area contributed by atoms with Crippen LogP contribution in [0.5, 0.6) is 17.2 Å². The van der Waals surface area contributed by atoms with E-state index in [0.717, 1.165) is 0 Å². The molecule has 0 spiro atoms. The third-order valence-corrected chi connectivity index (χ3v) is 4.98. The molecule has 34 heavy (non-hydrogen) atoms. The van der Waals surface area contributed by atoms with E-state index < -0.39 is 36.1 Å². The quantitative estimate of drug-likeness (QED) is 0.498. The Morgan fingerprint density at radius 1 is 1.09 bits per heavy atom. The van der Waals surface area contributed by atoms with Crippen LogP contribution in [-0.2, 0) is 14.3 Å². The molecule has 9 nitrogen and oxygen atoms in total. The SMILES string of the molecule is COc1ccnc(C(=O)N[C@@H](C)C(=O)O[C@@H](C)[C@@H](Oc2cccc(Cl)c2)C(C)C)c1OC(C)=O. The van der Waals surface area contributed by atoms with Crippen molar-refractivity contribution in [1.29, 1.82) is 0 Å². The number of hydrogen-bond acceptors (Lipinski definition) is 8. The van der Waals surface area contributed by atoms with Gasteiger partial charge in [0.15, 0.2) is 11.4 Å². The fourth-order valence-corrected chi connectivity index (χ4v) is 3.32. The van der Waals surface area contributed by atoms with Crippen molar-refractivity contribution >= 4 is 29.4 Å². The maximum Gasteiger partial charge on any atom is 0.328 e. The number of nitrogens with zero attached hydrogens (tertiary/aromatic N) is 1. The van der Waals surface area contributed by atoms with Gasteiger partial charge in [-0.25, -0.2) is 9.78 Å². The summed E-state index contributed by atoms with van der Waals surface area (Å²) in [6.45, 7) is 8.25. The number of esters is 2. The molecule has 3 atom stereocenters. The molecule has 1 aromatic carbocycles. The highest BCUT2D eigenvalue weighted by molar-refractivity contribution is 6.30. The van der Waals surface area contributed by atoms with E-state index in [9.17, 15) is 14.4 Å². The minimum absolute atomic E-state index is 0.0129. The number of halogens is 1. The number of rotatable bonds is 10. The normalized spacial score (nSPS) is 13.4. The fourth-order valence-electron chi connectivity index (χ4n) is 3.14. The Morgan fingerprint density at radius 2 is 1.79 bits per heavy atom. The van der Waals surface area contributed by atoms with Gasteiger partial charge in [0.25, 0.3) is 5.91 Å². The van der Waals surface area contributed by atoms with Crippen LogP contribution in [-0.4, -0.2) is 48.2 Å². The summed E-state index contributed by atoms with van der Waals surface area (Å²) in [5.41, 5.74) is -0.202. The lowest BCUT2D eigenvalue weighted by molar-refractivity contribution is -0.155. The number of benzene rings is 1. The molecule has 2 rings (SSSR count). The monoisotopic (exact) mass is 492 g/mol. The standard InChI is InChI=1S/C24H29ClN2O7/c1-13(2)21(34-18-9-7-8-17(25)12-18)15(4)32-24(30)14(3)27-23(29)20-22(33-16(5)28)19(31-6)10-11-26-20/h7-15,21H,1-6H3,(H,27,29)/t14-,15-,21-/m0/s1. The summed E-state index contributed by atoms with van der Waals surface area (Å²) in [6, 6.07) is 7.36. The summed E-state index contributed by atoms with van der Waals surface area (Å²) >= 11 is 6.02. The third-order valence-electron chi connectivity index (χ3n) is 4.74. The maximum atomic E-state index is 12.8. The molecule has 1 heterocycles. The summed E-state index contributed by atoms with van der Waals surface area (Å²) in [7, 11) is 1.36. The second-order valence-corrected chi connectivity index (χ2v) is 8.34. The highest BCUT2D eigenvalue weighted by Gasteiger charge is 2.30. The summed E-state index contributed by atoms with van der Waals surface area (Å²) in [5.74, 6) is -1.48. The van der Waals surface area contributed by atoms with Crippen molar-refractivity contribution < 1.29 is 33.3 Å². The van der Waals surface area contributed by atoms with E-state index in [-0.39, 0.29) is 23.1 Å². The highest BCUT2D eigenvalue weighted by Crippen LogP contribution is 2.29. The number of hydrogen-bond donors (Lipinski definition) is 1. The molecule has 0 saturated heterocycles. The van der Waals surface area contributed by atoms with Crippen LogP contribution in [0.15, 0.2) is 36.5 Å². The lowest BCUT2D eigenvalue weighted by Gasteiger charge is -2.29. The van der Waals surface area contributed by atoms with Crippen LogP contribution in [0.1, 0.15) is 45.1 Å². The molecular formula is C24H29ClN2O7. The lowest BCUT2D eigenvalue weighted by Crippen LogP contribution is -2.44. The van der Waals surface area contributed by atoms with Gasteiger partial charge >= 0.3 is 11.9 Å². The van der Waals surface area contributed by atoms with Gasteiger partial charge in [-0.3, -0.25) is 9.59 Å². The van der Waals surface area contributed by atoms with Crippen molar-refractivity contribution in [3.8, 4) is 17.2 Å². The minimum atomic E-state index is -1.02. The smallest absolute Gasteiger partial charge is 0.328 e. The molecule has 0 unspecified atom stereocenters. The molecule has 10 heteroatoms. The molecule has 0 radical (unpaired) electrons. The zero-order valence-corrected chi connectivity index (χ0v) is 20.7. The van der Waals surface area contributed by atoms with E-state index in [0.29, 0.717) is 10.8 Å². The number of ether oxygens (including phenoxy) is 4. The van der Waals surface area contributed by atoms with Crippen molar-refractivity contribution in [2.45, 2.75) is 52.9 Å². The van der Waals surface area contributed by atoms with Crippen LogP contribution >= 0.6 is 11.6 Å². The van der Waals surface area contributed by atoms with Gasteiger partial charge in [0.05, 0.1) is 7.11 Å². The molecule has 1 N–H and O–H groups in total. The summed E-state index contributed by atoms with van der Waals surface area (Å²) < 4.78 is 21.8. The Morgan fingerprint density at radius 3 is 2.38 bits per heavy atom. The number of amides is 1. The summed E-state index contributed by atoms with van der Waals surface area (Å²) in [5, 5.41) is 3.04. The number of carbonyl (C=O) groups is 3. The molecule has 0 saturated carbocycles. The number of aromatic nitrogens is 1. The molecular weight excluding hydrogens is 464 g/mol. The topological polar surface area (TPSA) is 113 Å². The predicted molar refractivity (Wildman–Crippen MR) is 125 cm³/mol. The Kier molecular flexibility index (Phi) is 9.68. The molecule has 0 aliphatic heterocycles. The van der Waals surface area contributed by atoms with Crippen LogP contribution < -0.4 is 19.5 Å². The third kappa shape index (κ3) is 7.34. The van der Waals surface area contributed by atoms with Gasteiger partial charge in [-0.2, -0.15) is 0 Å². The van der Waals surface area contributed by atoms with Crippen LogP contribution in [0, 0.1) is 5.92 Å². The average molecular weight is 493 g/mol. The van der Waals surface area contributed by atoms with Crippen molar-refractivity contribution in [2.24, 2.45) is 5.92 Å². The Bertz CT molecular complexity index is 1030. The Hall–Kier alpha value is -3.33. The van der Waals surface area contributed by atoms with E-state index in [1.54, 1.807) is 31.2 Å². The van der Waals surface area contributed by atoms with Crippen LogP contribution in [0.2, 0.25) is 5.02 Å².